The highest BCUT2D eigenvalue weighted by atomic mass is 16.5. The lowest BCUT2D eigenvalue weighted by atomic mass is 9.69. The number of rotatable bonds is 2. The number of nitriles is 1. The second kappa shape index (κ2) is 6.45. The van der Waals surface area contributed by atoms with Crippen LogP contribution >= 0.6 is 0 Å². The Kier molecular flexibility index (Phi) is 4.45. The lowest BCUT2D eigenvalue weighted by molar-refractivity contribution is -0.118. The summed E-state index contributed by atoms with van der Waals surface area (Å²) in [5, 5.41) is 13.0. The van der Waals surface area contributed by atoms with E-state index >= 15 is 0 Å². The molecule has 0 fully saturated rings. The molecule has 1 aromatic rings. The molecule has 5 heteroatoms. The minimum Gasteiger partial charge on any atom is -0.465 e. The van der Waals surface area contributed by atoms with Crippen molar-refractivity contribution in [3.05, 3.63) is 57.9 Å². The van der Waals surface area contributed by atoms with Crippen LogP contribution < -0.4 is 5.32 Å². The number of benzene rings is 1. The van der Waals surface area contributed by atoms with Crippen molar-refractivity contribution >= 4 is 11.8 Å². The van der Waals surface area contributed by atoms with E-state index in [2.05, 4.69) is 25.2 Å². The van der Waals surface area contributed by atoms with Gasteiger partial charge in [-0.15, -0.1) is 0 Å². The first-order valence-electron chi connectivity index (χ1n) is 8.60. The Morgan fingerprint density at radius 1 is 1.27 bits per heavy atom. The largest absolute Gasteiger partial charge is 0.465 e. The maximum absolute atomic E-state index is 12.9. The summed E-state index contributed by atoms with van der Waals surface area (Å²) in [7, 11) is 1.34. The van der Waals surface area contributed by atoms with E-state index in [1.54, 1.807) is 24.3 Å². The van der Waals surface area contributed by atoms with Gasteiger partial charge in [0.15, 0.2) is 5.78 Å². The Morgan fingerprint density at radius 3 is 2.50 bits per heavy atom. The van der Waals surface area contributed by atoms with Crippen LogP contribution in [0.2, 0.25) is 0 Å². The summed E-state index contributed by atoms with van der Waals surface area (Å²) in [6, 6.07) is 9.20. The summed E-state index contributed by atoms with van der Waals surface area (Å²) < 4.78 is 4.73. The van der Waals surface area contributed by atoms with Crippen LogP contribution in [0.15, 0.2) is 46.8 Å². The minimum atomic E-state index is -0.413. The number of carbonyl (C=O) groups is 2. The number of esters is 1. The van der Waals surface area contributed by atoms with Gasteiger partial charge in [-0.2, -0.15) is 5.26 Å². The number of ketones is 1. The molecule has 2 aliphatic rings. The van der Waals surface area contributed by atoms with Crippen LogP contribution in [0.5, 0.6) is 0 Å². The zero-order valence-electron chi connectivity index (χ0n) is 15.5. The van der Waals surface area contributed by atoms with Crippen molar-refractivity contribution in [2.75, 3.05) is 7.11 Å². The molecule has 0 radical (unpaired) electrons. The Labute approximate surface area is 153 Å². The topological polar surface area (TPSA) is 79.2 Å². The Hall–Kier alpha value is -2.87. The molecule has 0 spiro atoms. The second-order valence-electron chi connectivity index (χ2n) is 7.66. The van der Waals surface area contributed by atoms with Gasteiger partial charge in [0.05, 0.1) is 30.2 Å². The Morgan fingerprint density at radius 2 is 1.92 bits per heavy atom. The maximum atomic E-state index is 12.9. The summed E-state index contributed by atoms with van der Waals surface area (Å²) in [5.74, 6) is -0.734. The number of hydrogen-bond acceptors (Lipinski definition) is 5. The lowest BCUT2D eigenvalue weighted by Gasteiger charge is -2.38. The number of hydrogen-bond donors (Lipinski definition) is 1. The predicted octanol–water partition coefficient (Wildman–Crippen LogP) is 3.60. The summed E-state index contributed by atoms with van der Waals surface area (Å²) in [6.45, 7) is 6.02. The van der Waals surface area contributed by atoms with Gasteiger partial charge in [0.1, 0.15) is 0 Å². The van der Waals surface area contributed by atoms with Gasteiger partial charge in [0, 0.05) is 23.4 Å². The highest BCUT2D eigenvalue weighted by molar-refractivity contribution is 6.00. The monoisotopic (exact) mass is 350 g/mol. The highest BCUT2D eigenvalue weighted by Gasteiger charge is 2.41. The first kappa shape index (κ1) is 17.9. The van der Waals surface area contributed by atoms with Gasteiger partial charge < -0.3 is 10.1 Å². The van der Waals surface area contributed by atoms with Crippen LogP contribution in [0.25, 0.3) is 0 Å². The highest BCUT2D eigenvalue weighted by Crippen LogP contribution is 2.46. The van der Waals surface area contributed by atoms with Crippen molar-refractivity contribution in [3.63, 3.8) is 0 Å². The SMILES string of the molecule is COC(=O)c1ccc([C@@H]2C(C#N)=C(C)NC3=C2C(=O)CC(C)(C)C3)cc1. The van der Waals surface area contributed by atoms with Crippen molar-refractivity contribution in [3.8, 4) is 6.07 Å². The first-order chi connectivity index (χ1) is 12.3. The summed E-state index contributed by atoms with van der Waals surface area (Å²) >= 11 is 0. The molecule has 1 aliphatic carbocycles. The molecular weight excluding hydrogens is 328 g/mol. The molecule has 1 aromatic carbocycles. The van der Waals surface area contributed by atoms with E-state index in [0.717, 1.165) is 23.4 Å². The van der Waals surface area contributed by atoms with Gasteiger partial charge in [-0.25, -0.2) is 4.79 Å². The third-order valence-electron chi connectivity index (χ3n) is 5.03. The van der Waals surface area contributed by atoms with E-state index in [1.807, 2.05) is 6.92 Å². The third-order valence-corrected chi connectivity index (χ3v) is 5.03. The van der Waals surface area contributed by atoms with Crippen molar-refractivity contribution in [2.45, 2.75) is 39.5 Å². The number of nitrogens with zero attached hydrogens (tertiary/aromatic N) is 1. The number of Topliss-reactive ketones (excluding diaryl/α,β-unsaturated/α-hetero) is 1. The summed E-state index contributed by atoms with van der Waals surface area (Å²) in [6.07, 6.45) is 1.23. The van der Waals surface area contributed by atoms with Crippen LogP contribution in [0.1, 0.15) is 55.5 Å². The minimum absolute atomic E-state index is 0.0750. The van der Waals surface area contributed by atoms with Crippen molar-refractivity contribution < 1.29 is 14.3 Å². The maximum Gasteiger partial charge on any atom is 0.337 e. The first-order valence-corrected chi connectivity index (χ1v) is 8.60. The molecule has 5 nitrogen and oxygen atoms in total. The fraction of sp³-hybridized carbons (Fsp3) is 0.381. The standard InChI is InChI=1S/C21H22N2O3/c1-12-15(11-22)18(13-5-7-14(8-6-13)20(25)26-4)19-16(23-12)9-21(2,3)10-17(19)24/h5-8,18,23H,9-10H2,1-4H3/t18-/m1/s1. The average Bonchev–Trinajstić information content (AvgIpc) is 2.59. The van der Waals surface area contributed by atoms with Gasteiger partial charge in [0.2, 0.25) is 0 Å². The van der Waals surface area contributed by atoms with Crippen LogP contribution in [0.3, 0.4) is 0 Å². The molecule has 1 atom stereocenters. The summed E-state index contributed by atoms with van der Waals surface area (Å²) in [5.41, 5.74) is 4.07. The number of methoxy groups -OCH3 is 1. The van der Waals surface area contributed by atoms with E-state index in [-0.39, 0.29) is 11.2 Å². The fourth-order valence-corrected chi connectivity index (χ4v) is 3.85. The van der Waals surface area contributed by atoms with Crippen molar-refractivity contribution in [1.29, 1.82) is 5.26 Å². The normalized spacial score (nSPS) is 21.7. The fourth-order valence-electron chi connectivity index (χ4n) is 3.85. The molecule has 26 heavy (non-hydrogen) atoms. The van der Waals surface area contributed by atoms with Crippen LogP contribution in [-0.4, -0.2) is 18.9 Å². The Balaban J connectivity index is 2.11. The average molecular weight is 350 g/mol. The number of allylic oxidation sites excluding steroid dienone is 4. The van der Waals surface area contributed by atoms with E-state index in [9.17, 15) is 14.9 Å². The molecule has 134 valence electrons. The molecule has 0 aromatic heterocycles. The van der Waals surface area contributed by atoms with Gasteiger partial charge in [-0.3, -0.25) is 4.79 Å². The van der Waals surface area contributed by atoms with E-state index in [4.69, 9.17) is 4.74 Å². The van der Waals surface area contributed by atoms with Crippen molar-refractivity contribution in [1.82, 2.24) is 5.32 Å². The second-order valence-corrected chi connectivity index (χ2v) is 7.66. The van der Waals surface area contributed by atoms with E-state index in [1.165, 1.54) is 7.11 Å². The smallest absolute Gasteiger partial charge is 0.337 e. The van der Waals surface area contributed by atoms with Gasteiger partial charge >= 0.3 is 5.97 Å². The van der Waals surface area contributed by atoms with Crippen molar-refractivity contribution in [2.24, 2.45) is 5.41 Å². The number of carbonyl (C=O) groups excluding carboxylic acids is 2. The van der Waals surface area contributed by atoms with Gasteiger partial charge in [-0.05, 0) is 36.5 Å². The molecule has 1 heterocycles. The van der Waals surface area contributed by atoms with E-state index < -0.39 is 11.9 Å². The van der Waals surface area contributed by atoms with Gasteiger partial charge in [-0.1, -0.05) is 26.0 Å². The molecule has 0 saturated carbocycles. The predicted molar refractivity (Wildman–Crippen MR) is 97.0 cm³/mol. The van der Waals surface area contributed by atoms with E-state index in [0.29, 0.717) is 23.1 Å². The van der Waals surface area contributed by atoms with Crippen LogP contribution in [0.4, 0.5) is 0 Å². The molecule has 0 amide bonds. The van der Waals surface area contributed by atoms with Crippen LogP contribution in [0, 0.1) is 16.7 Å². The Bertz CT molecular complexity index is 883. The molecule has 0 bridgehead atoms. The lowest BCUT2D eigenvalue weighted by Crippen LogP contribution is -2.36. The zero-order chi connectivity index (χ0) is 19.1. The number of nitrogens with one attached hydrogen (secondary N) is 1. The van der Waals surface area contributed by atoms with Gasteiger partial charge in [0.25, 0.3) is 0 Å². The third kappa shape index (κ3) is 3.03. The quantitative estimate of drug-likeness (QED) is 0.825. The number of dihydropyridines is 1. The molecule has 3 rings (SSSR count). The number of ether oxygens (including phenoxy) is 1. The molecule has 0 unspecified atom stereocenters. The molecule has 0 saturated heterocycles. The molecular formula is C21H22N2O3. The zero-order valence-corrected chi connectivity index (χ0v) is 15.5. The van der Waals surface area contributed by atoms with Crippen LogP contribution in [-0.2, 0) is 9.53 Å². The summed E-state index contributed by atoms with van der Waals surface area (Å²) in [4.78, 5) is 24.6. The molecule has 1 N–H and O–H groups in total. The molecule has 1 aliphatic heterocycles.